The van der Waals surface area contributed by atoms with Gasteiger partial charge in [-0.2, -0.15) is 0 Å². The van der Waals surface area contributed by atoms with Crippen molar-refractivity contribution >= 4 is 23.1 Å². The van der Waals surface area contributed by atoms with Crippen molar-refractivity contribution in [1.82, 2.24) is 4.98 Å². The molecule has 0 radical (unpaired) electrons. The molecule has 0 aliphatic carbocycles. The van der Waals surface area contributed by atoms with Crippen molar-refractivity contribution in [3.8, 4) is 0 Å². The minimum Gasteiger partial charge on any atom is -0.340 e. The number of hydrogen-bond donors (Lipinski definition) is 1. The molecule has 0 saturated carbocycles. The first kappa shape index (κ1) is 9.99. The summed E-state index contributed by atoms with van der Waals surface area (Å²) < 4.78 is 0. The molecule has 0 atom stereocenters. The summed E-state index contributed by atoms with van der Waals surface area (Å²) in [5.74, 6) is 0.845. The Morgan fingerprint density at radius 3 is 2.47 bits per heavy atom. The number of nitrogens with zero attached hydrogens (tertiary/aromatic N) is 1. The molecule has 2 aromatic rings. The van der Waals surface area contributed by atoms with E-state index in [-0.39, 0.29) is 0 Å². The highest BCUT2D eigenvalue weighted by atomic mass is 35.5. The van der Waals surface area contributed by atoms with Gasteiger partial charge in [-0.15, -0.1) is 0 Å². The molecule has 0 aliphatic heterocycles. The van der Waals surface area contributed by atoms with Crippen LogP contribution in [0.4, 0.5) is 11.5 Å². The molecule has 0 saturated heterocycles. The SMILES string of the molecule is Cc1cccc(Nc2ccc(Cl)cc2)n1. The maximum Gasteiger partial charge on any atom is 0.130 e. The van der Waals surface area contributed by atoms with Gasteiger partial charge in [0.05, 0.1) is 0 Å². The van der Waals surface area contributed by atoms with E-state index in [0.29, 0.717) is 0 Å². The van der Waals surface area contributed by atoms with Crippen molar-refractivity contribution in [1.29, 1.82) is 0 Å². The molecular formula is C12H11ClN2. The van der Waals surface area contributed by atoms with Crippen LogP contribution in [0.25, 0.3) is 0 Å². The van der Waals surface area contributed by atoms with E-state index < -0.39 is 0 Å². The lowest BCUT2D eigenvalue weighted by molar-refractivity contribution is 1.20. The lowest BCUT2D eigenvalue weighted by Crippen LogP contribution is -1.93. The van der Waals surface area contributed by atoms with Crippen LogP contribution in [0.3, 0.4) is 0 Å². The summed E-state index contributed by atoms with van der Waals surface area (Å²) in [7, 11) is 0. The minimum atomic E-state index is 0.734. The maximum absolute atomic E-state index is 5.80. The fourth-order valence-corrected chi connectivity index (χ4v) is 1.42. The molecule has 0 fully saturated rings. The Hall–Kier alpha value is -1.54. The summed E-state index contributed by atoms with van der Waals surface area (Å²) in [4.78, 5) is 4.35. The van der Waals surface area contributed by atoms with E-state index >= 15 is 0 Å². The summed E-state index contributed by atoms with van der Waals surface area (Å²) >= 11 is 5.80. The Morgan fingerprint density at radius 1 is 1.07 bits per heavy atom. The highest BCUT2D eigenvalue weighted by Gasteiger charge is 1.95. The third kappa shape index (κ3) is 2.70. The van der Waals surface area contributed by atoms with Gasteiger partial charge in [0.2, 0.25) is 0 Å². The largest absolute Gasteiger partial charge is 0.340 e. The summed E-state index contributed by atoms with van der Waals surface area (Å²) in [5.41, 5.74) is 1.98. The molecule has 2 nitrogen and oxygen atoms in total. The molecule has 1 heterocycles. The second-order valence-electron chi connectivity index (χ2n) is 3.30. The Balaban J connectivity index is 2.18. The smallest absolute Gasteiger partial charge is 0.130 e. The van der Waals surface area contributed by atoms with E-state index in [2.05, 4.69) is 10.3 Å². The van der Waals surface area contributed by atoms with Crippen LogP contribution < -0.4 is 5.32 Å². The molecule has 1 aromatic heterocycles. The normalized spacial score (nSPS) is 10.0. The predicted octanol–water partition coefficient (Wildman–Crippen LogP) is 3.79. The van der Waals surface area contributed by atoms with Crippen molar-refractivity contribution in [2.75, 3.05) is 5.32 Å². The Labute approximate surface area is 93.9 Å². The second kappa shape index (κ2) is 4.32. The standard InChI is InChI=1S/C12H11ClN2/c1-9-3-2-4-12(14-9)15-11-7-5-10(13)6-8-11/h2-8H,1H3,(H,14,15). The van der Waals surface area contributed by atoms with E-state index in [4.69, 9.17) is 11.6 Å². The molecule has 0 aliphatic rings. The van der Waals surface area contributed by atoms with Crippen LogP contribution in [-0.4, -0.2) is 4.98 Å². The van der Waals surface area contributed by atoms with Crippen molar-refractivity contribution in [2.45, 2.75) is 6.92 Å². The van der Waals surface area contributed by atoms with Crippen molar-refractivity contribution in [3.63, 3.8) is 0 Å². The lowest BCUT2D eigenvalue weighted by atomic mass is 10.3. The summed E-state index contributed by atoms with van der Waals surface area (Å²) in [5, 5.41) is 3.94. The van der Waals surface area contributed by atoms with Crippen molar-refractivity contribution < 1.29 is 0 Å². The molecule has 1 N–H and O–H groups in total. The maximum atomic E-state index is 5.80. The second-order valence-corrected chi connectivity index (χ2v) is 3.73. The molecule has 0 unspecified atom stereocenters. The van der Waals surface area contributed by atoms with E-state index in [0.717, 1.165) is 22.2 Å². The molecule has 3 heteroatoms. The number of nitrogens with one attached hydrogen (secondary N) is 1. The van der Waals surface area contributed by atoms with Crippen LogP contribution in [0.1, 0.15) is 5.69 Å². The summed E-state index contributed by atoms with van der Waals surface area (Å²) in [6.45, 7) is 1.97. The number of aryl methyl sites for hydroxylation is 1. The number of benzene rings is 1. The molecule has 76 valence electrons. The zero-order chi connectivity index (χ0) is 10.7. The topological polar surface area (TPSA) is 24.9 Å². The molecule has 15 heavy (non-hydrogen) atoms. The number of rotatable bonds is 2. The van der Waals surface area contributed by atoms with Gasteiger partial charge in [-0.05, 0) is 43.3 Å². The third-order valence-electron chi connectivity index (χ3n) is 2.00. The van der Waals surface area contributed by atoms with Crippen LogP contribution in [0.2, 0.25) is 5.02 Å². The van der Waals surface area contributed by atoms with E-state index in [9.17, 15) is 0 Å². The molecular weight excluding hydrogens is 208 g/mol. The van der Waals surface area contributed by atoms with Gasteiger partial charge in [0.1, 0.15) is 5.82 Å². The number of halogens is 1. The third-order valence-corrected chi connectivity index (χ3v) is 2.26. The zero-order valence-corrected chi connectivity index (χ0v) is 9.12. The van der Waals surface area contributed by atoms with Crippen LogP contribution in [0.5, 0.6) is 0 Å². The summed E-state index contributed by atoms with van der Waals surface area (Å²) in [6, 6.07) is 13.4. The zero-order valence-electron chi connectivity index (χ0n) is 8.37. The average Bonchev–Trinajstić information content (AvgIpc) is 2.22. The molecule has 0 bridgehead atoms. The fourth-order valence-electron chi connectivity index (χ4n) is 1.29. The number of aromatic nitrogens is 1. The van der Waals surface area contributed by atoms with Gasteiger partial charge in [0.15, 0.2) is 0 Å². The predicted molar refractivity (Wildman–Crippen MR) is 63.7 cm³/mol. The Morgan fingerprint density at radius 2 is 1.80 bits per heavy atom. The van der Waals surface area contributed by atoms with E-state index in [1.165, 1.54) is 0 Å². The molecule has 2 rings (SSSR count). The van der Waals surface area contributed by atoms with Gasteiger partial charge in [-0.25, -0.2) is 4.98 Å². The number of pyridine rings is 1. The minimum absolute atomic E-state index is 0.734. The van der Waals surface area contributed by atoms with Gasteiger partial charge in [-0.1, -0.05) is 17.7 Å². The average molecular weight is 219 g/mol. The Kier molecular flexibility index (Phi) is 2.88. The van der Waals surface area contributed by atoms with Crippen LogP contribution in [0, 0.1) is 6.92 Å². The van der Waals surface area contributed by atoms with Crippen LogP contribution in [0.15, 0.2) is 42.5 Å². The summed E-state index contributed by atoms with van der Waals surface area (Å²) in [6.07, 6.45) is 0. The van der Waals surface area contributed by atoms with Crippen LogP contribution >= 0.6 is 11.6 Å². The molecule has 0 amide bonds. The fraction of sp³-hybridized carbons (Fsp3) is 0.0833. The van der Waals surface area contributed by atoms with Gasteiger partial charge in [-0.3, -0.25) is 0 Å². The van der Waals surface area contributed by atoms with Gasteiger partial charge >= 0.3 is 0 Å². The van der Waals surface area contributed by atoms with Gasteiger partial charge < -0.3 is 5.32 Å². The first-order valence-corrected chi connectivity index (χ1v) is 5.08. The molecule has 1 aromatic carbocycles. The Bertz CT molecular complexity index is 451. The number of hydrogen-bond acceptors (Lipinski definition) is 2. The number of anilines is 2. The van der Waals surface area contributed by atoms with Crippen molar-refractivity contribution in [3.05, 3.63) is 53.2 Å². The van der Waals surface area contributed by atoms with Crippen molar-refractivity contribution in [2.24, 2.45) is 0 Å². The highest BCUT2D eigenvalue weighted by molar-refractivity contribution is 6.30. The molecule has 0 spiro atoms. The first-order chi connectivity index (χ1) is 7.24. The lowest BCUT2D eigenvalue weighted by Gasteiger charge is -2.05. The van der Waals surface area contributed by atoms with E-state index in [1.807, 2.05) is 49.4 Å². The first-order valence-electron chi connectivity index (χ1n) is 4.70. The highest BCUT2D eigenvalue weighted by Crippen LogP contribution is 2.17. The van der Waals surface area contributed by atoms with E-state index in [1.54, 1.807) is 0 Å². The quantitative estimate of drug-likeness (QED) is 0.830. The van der Waals surface area contributed by atoms with Gasteiger partial charge in [0, 0.05) is 16.4 Å². The van der Waals surface area contributed by atoms with Crippen LogP contribution in [-0.2, 0) is 0 Å². The monoisotopic (exact) mass is 218 g/mol. The van der Waals surface area contributed by atoms with Gasteiger partial charge in [0.25, 0.3) is 0 Å².